The molecule has 2 aromatic carbocycles. The van der Waals surface area contributed by atoms with E-state index in [-0.39, 0.29) is 19.1 Å². The van der Waals surface area contributed by atoms with Gasteiger partial charge in [0, 0.05) is 41.8 Å². The Morgan fingerprint density at radius 2 is 1.94 bits per heavy atom. The van der Waals surface area contributed by atoms with Crippen LogP contribution in [-0.4, -0.2) is 35.2 Å². The summed E-state index contributed by atoms with van der Waals surface area (Å²) in [4.78, 5) is 28.8. The summed E-state index contributed by atoms with van der Waals surface area (Å²) in [6.07, 6.45) is 5.41. The molecule has 2 atom stereocenters. The second-order valence-electron chi connectivity index (χ2n) is 8.36. The third-order valence-corrected chi connectivity index (χ3v) is 6.51. The molecule has 0 radical (unpaired) electrons. The molecule has 0 unspecified atom stereocenters. The van der Waals surface area contributed by atoms with E-state index in [1.165, 1.54) is 0 Å². The number of carbonyl (C=O) groups excluding carboxylic acids is 2. The Morgan fingerprint density at radius 1 is 1.19 bits per heavy atom. The Morgan fingerprint density at radius 3 is 2.59 bits per heavy atom. The highest BCUT2D eigenvalue weighted by atomic mass is 35.5. The van der Waals surface area contributed by atoms with Crippen LogP contribution in [0.25, 0.3) is 0 Å². The summed E-state index contributed by atoms with van der Waals surface area (Å²) < 4.78 is 0. The first-order chi connectivity index (χ1) is 15.4. The number of hydrogen-bond donors (Lipinski definition) is 2. The van der Waals surface area contributed by atoms with Crippen molar-refractivity contribution in [2.24, 2.45) is 5.92 Å². The van der Waals surface area contributed by atoms with Crippen molar-refractivity contribution < 1.29 is 19.8 Å². The van der Waals surface area contributed by atoms with Gasteiger partial charge >= 0.3 is 0 Å². The number of amides is 2. The van der Waals surface area contributed by atoms with Crippen LogP contribution in [-0.2, 0) is 21.7 Å². The fourth-order valence-corrected chi connectivity index (χ4v) is 4.65. The van der Waals surface area contributed by atoms with E-state index in [0.717, 1.165) is 24.2 Å². The number of fused-ring (bicyclic) bond motifs is 1. The zero-order chi connectivity index (χ0) is 22.9. The average molecular weight is 455 g/mol. The summed E-state index contributed by atoms with van der Waals surface area (Å²) in [5, 5.41) is 21.0. The molecule has 2 aromatic rings. The lowest BCUT2D eigenvalue weighted by molar-refractivity contribution is -0.139. The van der Waals surface area contributed by atoms with Gasteiger partial charge in [0.1, 0.15) is 0 Å². The van der Waals surface area contributed by atoms with Crippen LogP contribution in [0.4, 0.5) is 11.4 Å². The lowest BCUT2D eigenvalue weighted by Gasteiger charge is -2.27. The molecule has 0 saturated carbocycles. The SMILES string of the molecule is C[C@H](/C=C/CCO)[C@@]1(O)C(=O)N(Cc2ccc(N3CCCC3=O)cc2)c2ccc(Cl)cc21. The van der Waals surface area contributed by atoms with E-state index in [2.05, 4.69) is 0 Å². The van der Waals surface area contributed by atoms with Gasteiger partial charge in [0.2, 0.25) is 5.91 Å². The topological polar surface area (TPSA) is 81.1 Å². The van der Waals surface area contributed by atoms with Gasteiger partial charge in [0.15, 0.2) is 5.60 Å². The highest BCUT2D eigenvalue weighted by Gasteiger charge is 2.52. The monoisotopic (exact) mass is 454 g/mol. The van der Waals surface area contributed by atoms with Gasteiger partial charge in [-0.1, -0.05) is 42.8 Å². The van der Waals surface area contributed by atoms with Crippen molar-refractivity contribution in [3.8, 4) is 0 Å². The molecule has 2 N–H and O–H groups in total. The van der Waals surface area contributed by atoms with Crippen LogP contribution in [0.5, 0.6) is 0 Å². The molecule has 4 rings (SSSR count). The number of rotatable bonds is 7. The minimum atomic E-state index is -1.74. The van der Waals surface area contributed by atoms with Gasteiger partial charge in [-0.25, -0.2) is 0 Å². The second-order valence-corrected chi connectivity index (χ2v) is 8.80. The number of hydrogen-bond acceptors (Lipinski definition) is 4. The quantitative estimate of drug-likeness (QED) is 0.624. The highest BCUT2D eigenvalue weighted by molar-refractivity contribution is 6.31. The van der Waals surface area contributed by atoms with Crippen LogP contribution in [0.2, 0.25) is 5.02 Å². The summed E-state index contributed by atoms with van der Waals surface area (Å²) in [5.41, 5.74) is 1.12. The molecule has 2 heterocycles. The van der Waals surface area contributed by atoms with E-state index in [9.17, 15) is 14.7 Å². The molecule has 2 amide bonds. The molecule has 168 valence electrons. The van der Waals surface area contributed by atoms with E-state index >= 15 is 0 Å². The summed E-state index contributed by atoms with van der Waals surface area (Å²) in [5.74, 6) is -0.784. The molecule has 0 bridgehead atoms. The molecule has 32 heavy (non-hydrogen) atoms. The summed E-state index contributed by atoms with van der Waals surface area (Å²) >= 11 is 6.20. The van der Waals surface area contributed by atoms with Gasteiger partial charge < -0.3 is 20.0 Å². The normalized spacial score (nSPS) is 21.6. The lowest BCUT2D eigenvalue weighted by atomic mass is 9.83. The first-order valence-corrected chi connectivity index (χ1v) is 11.2. The molecule has 6 nitrogen and oxygen atoms in total. The van der Waals surface area contributed by atoms with E-state index in [1.807, 2.05) is 24.3 Å². The molecule has 0 spiro atoms. The Hall–Kier alpha value is -2.67. The highest BCUT2D eigenvalue weighted by Crippen LogP contribution is 2.46. The third kappa shape index (κ3) is 3.94. The van der Waals surface area contributed by atoms with Crippen molar-refractivity contribution in [3.63, 3.8) is 0 Å². The number of anilines is 2. The molecule has 1 fully saturated rings. The van der Waals surface area contributed by atoms with E-state index in [1.54, 1.807) is 47.1 Å². The Balaban J connectivity index is 1.62. The average Bonchev–Trinajstić information content (AvgIpc) is 3.30. The number of halogens is 1. The van der Waals surface area contributed by atoms with Gasteiger partial charge in [-0.3, -0.25) is 9.59 Å². The Kier molecular flexibility index (Phi) is 6.38. The van der Waals surface area contributed by atoms with E-state index in [0.29, 0.717) is 29.1 Å². The molecule has 0 aromatic heterocycles. The number of nitrogens with zero attached hydrogens (tertiary/aromatic N) is 2. The minimum Gasteiger partial charge on any atom is -0.396 e. The number of aliphatic hydroxyl groups is 2. The van der Waals surface area contributed by atoms with Crippen LogP contribution >= 0.6 is 11.6 Å². The summed E-state index contributed by atoms with van der Waals surface area (Å²) in [6.45, 7) is 2.80. The smallest absolute Gasteiger partial charge is 0.264 e. The second kappa shape index (κ2) is 9.06. The van der Waals surface area contributed by atoms with Crippen molar-refractivity contribution in [2.45, 2.75) is 38.3 Å². The van der Waals surface area contributed by atoms with Crippen molar-refractivity contribution in [1.82, 2.24) is 0 Å². The molecular weight excluding hydrogens is 428 g/mol. The first kappa shape index (κ1) is 22.5. The van der Waals surface area contributed by atoms with E-state index < -0.39 is 17.4 Å². The minimum absolute atomic E-state index is 0.00313. The van der Waals surface area contributed by atoms with Crippen LogP contribution in [0.3, 0.4) is 0 Å². The number of aliphatic hydroxyl groups excluding tert-OH is 1. The van der Waals surface area contributed by atoms with Crippen molar-refractivity contribution in [3.05, 3.63) is 70.8 Å². The molecule has 7 heteroatoms. The summed E-state index contributed by atoms with van der Waals surface area (Å²) in [7, 11) is 0. The maximum atomic E-state index is 13.5. The number of benzene rings is 2. The van der Waals surface area contributed by atoms with Crippen molar-refractivity contribution >= 4 is 34.8 Å². The number of carbonyl (C=O) groups is 2. The Bertz CT molecular complexity index is 1050. The predicted molar refractivity (Wildman–Crippen MR) is 125 cm³/mol. The zero-order valence-electron chi connectivity index (χ0n) is 18.0. The maximum Gasteiger partial charge on any atom is 0.264 e. The standard InChI is InChI=1S/C25H27ClN2O4/c1-17(5-2-3-14-29)25(32)21-15-19(26)9-12-22(21)28(24(25)31)16-18-7-10-20(11-8-18)27-13-4-6-23(27)30/h2,5,7-12,15,17,29,32H,3-4,6,13-14,16H2,1H3/b5-2+/t17-,25+/m1/s1. The molecule has 0 aliphatic carbocycles. The summed E-state index contributed by atoms with van der Waals surface area (Å²) in [6, 6.07) is 12.7. The molecule has 2 aliphatic rings. The van der Waals surface area contributed by atoms with Gasteiger partial charge in [-0.05, 0) is 48.7 Å². The van der Waals surface area contributed by atoms with Gasteiger partial charge in [-0.15, -0.1) is 0 Å². The fraction of sp³-hybridized carbons (Fsp3) is 0.360. The van der Waals surface area contributed by atoms with Gasteiger partial charge in [0.05, 0.1) is 12.2 Å². The van der Waals surface area contributed by atoms with Crippen molar-refractivity contribution in [1.29, 1.82) is 0 Å². The van der Waals surface area contributed by atoms with Crippen LogP contribution in [0.15, 0.2) is 54.6 Å². The predicted octanol–water partition coefficient (Wildman–Crippen LogP) is 3.78. The molecular formula is C25H27ClN2O4. The molecule has 1 saturated heterocycles. The largest absolute Gasteiger partial charge is 0.396 e. The first-order valence-electron chi connectivity index (χ1n) is 10.9. The van der Waals surface area contributed by atoms with Crippen molar-refractivity contribution in [2.75, 3.05) is 23.0 Å². The van der Waals surface area contributed by atoms with Crippen LogP contribution in [0.1, 0.15) is 37.3 Å². The Labute approximate surface area is 192 Å². The zero-order valence-corrected chi connectivity index (χ0v) is 18.8. The van der Waals surface area contributed by atoms with E-state index in [4.69, 9.17) is 16.7 Å². The van der Waals surface area contributed by atoms with Crippen LogP contribution in [0, 0.1) is 5.92 Å². The lowest BCUT2D eigenvalue weighted by Crippen LogP contribution is -2.44. The van der Waals surface area contributed by atoms with Crippen LogP contribution < -0.4 is 9.80 Å². The molecule has 2 aliphatic heterocycles. The maximum absolute atomic E-state index is 13.5. The van der Waals surface area contributed by atoms with Gasteiger partial charge in [-0.2, -0.15) is 0 Å². The fourth-order valence-electron chi connectivity index (χ4n) is 4.48. The van der Waals surface area contributed by atoms with Gasteiger partial charge in [0.25, 0.3) is 5.91 Å². The third-order valence-electron chi connectivity index (χ3n) is 6.27.